The van der Waals surface area contributed by atoms with Crippen molar-refractivity contribution in [2.45, 2.75) is 19.6 Å². The second kappa shape index (κ2) is 6.89. The number of methoxy groups -OCH3 is 1. The molecule has 0 fully saturated rings. The van der Waals surface area contributed by atoms with Gasteiger partial charge in [0.25, 0.3) is 0 Å². The van der Waals surface area contributed by atoms with E-state index in [0.717, 1.165) is 22.5 Å². The van der Waals surface area contributed by atoms with Gasteiger partial charge in [0.2, 0.25) is 0 Å². The minimum absolute atomic E-state index is 0.0474. The number of halogens is 1. The van der Waals surface area contributed by atoms with Crippen LogP contribution in [0.25, 0.3) is 0 Å². The van der Waals surface area contributed by atoms with Crippen LogP contribution < -0.4 is 5.32 Å². The smallest absolute Gasteiger partial charge is 0.129 e. The van der Waals surface area contributed by atoms with E-state index in [2.05, 4.69) is 34.2 Å². The van der Waals surface area contributed by atoms with Gasteiger partial charge in [-0.25, -0.2) is 0 Å². The molecule has 0 aliphatic heterocycles. The molecule has 0 aliphatic carbocycles. The zero-order chi connectivity index (χ0) is 13.7. The average molecular weight is 324 g/mol. The Balaban J connectivity index is 2.31. The van der Waals surface area contributed by atoms with Crippen LogP contribution in [0.4, 0.5) is 0 Å². The molecule has 2 aromatic rings. The molecule has 19 heavy (non-hydrogen) atoms. The van der Waals surface area contributed by atoms with Crippen molar-refractivity contribution in [1.82, 2.24) is 5.32 Å². The first kappa shape index (κ1) is 14.3. The van der Waals surface area contributed by atoms with Crippen LogP contribution in [-0.4, -0.2) is 13.7 Å². The molecule has 1 aromatic carbocycles. The monoisotopic (exact) mass is 323 g/mol. The van der Waals surface area contributed by atoms with Crippen molar-refractivity contribution in [1.29, 1.82) is 0 Å². The fourth-order valence-electron chi connectivity index (χ4n) is 2.05. The molecule has 0 saturated heterocycles. The van der Waals surface area contributed by atoms with E-state index in [0.29, 0.717) is 6.61 Å². The lowest BCUT2D eigenvalue weighted by atomic mass is 10.0. The SMILES string of the molecule is CCNC(c1ccc(COC)o1)c1ccccc1Br. The van der Waals surface area contributed by atoms with Crippen LogP contribution in [-0.2, 0) is 11.3 Å². The predicted octanol–water partition coefficient (Wildman–Crippen LogP) is 3.89. The summed E-state index contributed by atoms with van der Waals surface area (Å²) >= 11 is 3.60. The lowest BCUT2D eigenvalue weighted by molar-refractivity contribution is 0.162. The van der Waals surface area contributed by atoms with Crippen LogP contribution in [0.1, 0.15) is 30.0 Å². The number of ether oxygens (including phenoxy) is 1. The molecule has 3 nitrogen and oxygen atoms in total. The molecular weight excluding hydrogens is 306 g/mol. The summed E-state index contributed by atoms with van der Waals surface area (Å²) in [7, 11) is 1.66. The zero-order valence-corrected chi connectivity index (χ0v) is 12.7. The first-order chi connectivity index (χ1) is 9.26. The molecule has 0 amide bonds. The Hall–Kier alpha value is -1.10. The highest BCUT2D eigenvalue weighted by atomic mass is 79.9. The maximum atomic E-state index is 5.84. The number of benzene rings is 1. The summed E-state index contributed by atoms with van der Waals surface area (Å²) in [6, 6.07) is 12.2. The third kappa shape index (κ3) is 3.47. The maximum absolute atomic E-state index is 5.84. The Kier molecular flexibility index (Phi) is 5.19. The highest BCUT2D eigenvalue weighted by molar-refractivity contribution is 9.10. The van der Waals surface area contributed by atoms with Gasteiger partial charge in [-0.2, -0.15) is 0 Å². The maximum Gasteiger partial charge on any atom is 0.129 e. The number of furan rings is 1. The number of hydrogen-bond donors (Lipinski definition) is 1. The second-order valence-corrected chi connectivity index (χ2v) is 5.10. The fourth-order valence-corrected chi connectivity index (χ4v) is 2.56. The third-order valence-electron chi connectivity index (χ3n) is 2.88. The second-order valence-electron chi connectivity index (χ2n) is 4.25. The summed E-state index contributed by atoms with van der Waals surface area (Å²) in [5.41, 5.74) is 1.17. The highest BCUT2D eigenvalue weighted by Crippen LogP contribution is 2.29. The Morgan fingerprint density at radius 2 is 2.05 bits per heavy atom. The predicted molar refractivity (Wildman–Crippen MR) is 79.1 cm³/mol. The zero-order valence-electron chi connectivity index (χ0n) is 11.2. The van der Waals surface area contributed by atoms with E-state index < -0.39 is 0 Å². The average Bonchev–Trinajstić information content (AvgIpc) is 2.86. The van der Waals surface area contributed by atoms with Crippen LogP contribution in [0, 0.1) is 0 Å². The topological polar surface area (TPSA) is 34.4 Å². The minimum atomic E-state index is 0.0474. The molecule has 2 rings (SSSR count). The van der Waals surface area contributed by atoms with Crippen LogP contribution in [0.3, 0.4) is 0 Å². The molecule has 1 heterocycles. The summed E-state index contributed by atoms with van der Waals surface area (Å²) in [5, 5.41) is 3.45. The van der Waals surface area contributed by atoms with E-state index >= 15 is 0 Å². The van der Waals surface area contributed by atoms with E-state index in [1.165, 1.54) is 5.56 Å². The largest absolute Gasteiger partial charge is 0.462 e. The minimum Gasteiger partial charge on any atom is -0.462 e. The Morgan fingerprint density at radius 1 is 1.26 bits per heavy atom. The van der Waals surface area contributed by atoms with Crippen LogP contribution in [0.2, 0.25) is 0 Å². The summed E-state index contributed by atoms with van der Waals surface area (Å²) in [5.74, 6) is 1.74. The number of hydrogen-bond acceptors (Lipinski definition) is 3. The molecule has 102 valence electrons. The molecule has 0 aliphatic rings. The standard InChI is InChI=1S/C15H18BrNO2/c1-3-17-15(12-6-4-5-7-13(12)16)14-9-8-11(19-14)10-18-2/h4-9,15,17H,3,10H2,1-2H3. The quantitative estimate of drug-likeness (QED) is 0.875. The van der Waals surface area contributed by atoms with Gasteiger partial charge in [0.15, 0.2) is 0 Å². The van der Waals surface area contributed by atoms with Crippen molar-refractivity contribution in [3.8, 4) is 0 Å². The van der Waals surface area contributed by atoms with Gasteiger partial charge in [0.05, 0.1) is 6.04 Å². The normalized spacial score (nSPS) is 12.6. The summed E-state index contributed by atoms with van der Waals surface area (Å²) < 4.78 is 12.0. The van der Waals surface area contributed by atoms with Crippen LogP contribution >= 0.6 is 15.9 Å². The molecule has 1 unspecified atom stereocenters. The van der Waals surface area contributed by atoms with Gasteiger partial charge >= 0.3 is 0 Å². The number of rotatable bonds is 6. The molecule has 1 atom stereocenters. The molecule has 1 aromatic heterocycles. The lowest BCUT2D eigenvalue weighted by Gasteiger charge is -2.17. The van der Waals surface area contributed by atoms with E-state index in [9.17, 15) is 0 Å². The molecule has 0 bridgehead atoms. The van der Waals surface area contributed by atoms with Gasteiger partial charge in [0, 0.05) is 11.6 Å². The van der Waals surface area contributed by atoms with E-state index in [4.69, 9.17) is 9.15 Å². The van der Waals surface area contributed by atoms with E-state index in [1.807, 2.05) is 30.3 Å². The first-order valence-corrected chi connectivity index (χ1v) is 7.11. The van der Waals surface area contributed by atoms with Gasteiger partial charge in [-0.05, 0) is 30.3 Å². The van der Waals surface area contributed by atoms with Gasteiger partial charge in [-0.15, -0.1) is 0 Å². The van der Waals surface area contributed by atoms with Crippen molar-refractivity contribution < 1.29 is 9.15 Å². The van der Waals surface area contributed by atoms with Crippen molar-refractivity contribution in [2.75, 3.05) is 13.7 Å². The number of nitrogens with one attached hydrogen (secondary N) is 1. The Morgan fingerprint density at radius 3 is 2.74 bits per heavy atom. The molecule has 0 saturated carbocycles. The van der Waals surface area contributed by atoms with E-state index in [1.54, 1.807) is 7.11 Å². The summed E-state index contributed by atoms with van der Waals surface area (Å²) in [6.45, 7) is 3.45. The third-order valence-corrected chi connectivity index (χ3v) is 3.60. The Bertz CT molecular complexity index is 524. The highest BCUT2D eigenvalue weighted by Gasteiger charge is 2.19. The Labute approximate surface area is 122 Å². The van der Waals surface area contributed by atoms with Crippen molar-refractivity contribution in [2.24, 2.45) is 0 Å². The van der Waals surface area contributed by atoms with Crippen LogP contribution in [0.15, 0.2) is 45.3 Å². The van der Waals surface area contributed by atoms with E-state index in [-0.39, 0.29) is 6.04 Å². The molecule has 0 spiro atoms. The van der Waals surface area contributed by atoms with Gasteiger partial charge in [0.1, 0.15) is 18.1 Å². The van der Waals surface area contributed by atoms with Gasteiger partial charge in [-0.1, -0.05) is 41.1 Å². The van der Waals surface area contributed by atoms with Gasteiger partial charge in [-0.3, -0.25) is 0 Å². The molecule has 4 heteroatoms. The summed E-state index contributed by atoms with van der Waals surface area (Å²) in [4.78, 5) is 0. The van der Waals surface area contributed by atoms with Gasteiger partial charge < -0.3 is 14.5 Å². The van der Waals surface area contributed by atoms with Crippen molar-refractivity contribution in [3.05, 3.63) is 58.0 Å². The molecule has 1 N–H and O–H groups in total. The lowest BCUT2D eigenvalue weighted by Crippen LogP contribution is -2.21. The van der Waals surface area contributed by atoms with Crippen LogP contribution in [0.5, 0.6) is 0 Å². The molecular formula is C15H18BrNO2. The first-order valence-electron chi connectivity index (χ1n) is 6.31. The van der Waals surface area contributed by atoms with Crippen molar-refractivity contribution in [3.63, 3.8) is 0 Å². The summed E-state index contributed by atoms with van der Waals surface area (Å²) in [6.07, 6.45) is 0. The fraction of sp³-hybridized carbons (Fsp3) is 0.333. The molecule has 0 radical (unpaired) electrons. The van der Waals surface area contributed by atoms with Crippen molar-refractivity contribution >= 4 is 15.9 Å².